The number of nitrogens with one attached hydrogen (secondary N) is 1. The van der Waals surface area contributed by atoms with Crippen LogP contribution in [0.5, 0.6) is 0 Å². The summed E-state index contributed by atoms with van der Waals surface area (Å²) < 4.78 is 37.7. The number of amides is 1. The molecule has 0 saturated heterocycles. The number of carbonyl (C=O) groups excluding carboxylic acids is 1. The molecule has 0 aliphatic carbocycles. The minimum atomic E-state index is -4.40. The van der Waals surface area contributed by atoms with Crippen LogP contribution >= 0.6 is 0 Å². The van der Waals surface area contributed by atoms with Crippen LogP contribution in [-0.4, -0.2) is 26.5 Å². The summed E-state index contributed by atoms with van der Waals surface area (Å²) in [6.07, 6.45) is -3.45. The Morgan fingerprint density at radius 2 is 2.05 bits per heavy atom. The zero-order valence-corrected chi connectivity index (χ0v) is 10.9. The second-order valence-electron chi connectivity index (χ2n) is 4.21. The van der Waals surface area contributed by atoms with Crippen molar-refractivity contribution in [3.63, 3.8) is 0 Å². The number of benzene rings is 1. The Morgan fingerprint density at radius 1 is 1.37 bits per heavy atom. The van der Waals surface area contributed by atoms with Gasteiger partial charge in [-0.05, 0) is 38.2 Å². The fourth-order valence-corrected chi connectivity index (χ4v) is 1.62. The van der Waals surface area contributed by atoms with Crippen LogP contribution < -0.4 is 10.2 Å². The SMILES string of the molecule is CNCCCC(=O)N(C)c1cccc(C(F)(F)F)c1. The smallest absolute Gasteiger partial charge is 0.320 e. The largest absolute Gasteiger partial charge is 0.416 e. The van der Waals surface area contributed by atoms with Crippen LogP contribution in [-0.2, 0) is 11.0 Å². The molecular weight excluding hydrogens is 257 g/mol. The summed E-state index contributed by atoms with van der Waals surface area (Å²) in [7, 11) is 3.26. The molecule has 1 aromatic rings. The zero-order chi connectivity index (χ0) is 14.5. The van der Waals surface area contributed by atoms with Gasteiger partial charge in [-0.1, -0.05) is 6.07 Å². The normalized spacial score (nSPS) is 11.4. The van der Waals surface area contributed by atoms with Gasteiger partial charge < -0.3 is 10.2 Å². The van der Waals surface area contributed by atoms with E-state index in [2.05, 4.69) is 5.32 Å². The van der Waals surface area contributed by atoms with Crippen molar-refractivity contribution in [2.24, 2.45) is 0 Å². The van der Waals surface area contributed by atoms with E-state index < -0.39 is 11.7 Å². The Labute approximate surface area is 110 Å². The van der Waals surface area contributed by atoms with E-state index in [1.807, 2.05) is 0 Å². The van der Waals surface area contributed by atoms with Crippen LogP contribution in [0.3, 0.4) is 0 Å². The summed E-state index contributed by atoms with van der Waals surface area (Å²) in [5, 5.41) is 2.91. The molecule has 0 radical (unpaired) electrons. The van der Waals surface area contributed by atoms with Gasteiger partial charge in [0.1, 0.15) is 0 Å². The first-order valence-corrected chi connectivity index (χ1v) is 5.94. The first-order chi connectivity index (χ1) is 8.86. The van der Waals surface area contributed by atoms with Crippen molar-refractivity contribution in [1.29, 1.82) is 0 Å². The third-order valence-electron chi connectivity index (χ3n) is 2.75. The Hall–Kier alpha value is -1.56. The number of rotatable bonds is 5. The molecule has 0 saturated carbocycles. The zero-order valence-electron chi connectivity index (χ0n) is 10.9. The minimum Gasteiger partial charge on any atom is -0.320 e. The van der Waals surface area contributed by atoms with Crippen LogP contribution in [0, 0.1) is 0 Å². The van der Waals surface area contributed by atoms with E-state index in [0.29, 0.717) is 19.4 Å². The summed E-state index contributed by atoms with van der Waals surface area (Å²) >= 11 is 0. The van der Waals surface area contributed by atoms with Crippen LogP contribution in [0.1, 0.15) is 18.4 Å². The lowest BCUT2D eigenvalue weighted by Gasteiger charge is -2.18. The fraction of sp³-hybridized carbons (Fsp3) is 0.462. The average Bonchev–Trinajstić information content (AvgIpc) is 2.37. The lowest BCUT2D eigenvalue weighted by atomic mass is 10.1. The molecule has 0 atom stereocenters. The van der Waals surface area contributed by atoms with Crippen molar-refractivity contribution >= 4 is 11.6 Å². The molecule has 0 aromatic heterocycles. The molecule has 0 unspecified atom stereocenters. The second kappa shape index (κ2) is 6.56. The molecule has 3 nitrogen and oxygen atoms in total. The maximum Gasteiger partial charge on any atom is 0.416 e. The van der Waals surface area contributed by atoms with Crippen LogP contribution in [0.4, 0.5) is 18.9 Å². The molecule has 106 valence electrons. The van der Waals surface area contributed by atoms with Gasteiger partial charge in [0.25, 0.3) is 0 Å². The van der Waals surface area contributed by atoms with Gasteiger partial charge in [-0.15, -0.1) is 0 Å². The van der Waals surface area contributed by atoms with Crippen molar-refractivity contribution in [3.05, 3.63) is 29.8 Å². The van der Waals surface area contributed by atoms with Crippen molar-refractivity contribution in [3.8, 4) is 0 Å². The Balaban J connectivity index is 2.76. The maximum atomic E-state index is 12.6. The number of anilines is 1. The number of nitrogens with zero attached hydrogens (tertiary/aromatic N) is 1. The van der Waals surface area contributed by atoms with Gasteiger partial charge in [-0.2, -0.15) is 13.2 Å². The van der Waals surface area contributed by atoms with Crippen LogP contribution in [0.15, 0.2) is 24.3 Å². The van der Waals surface area contributed by atoms with E-state index in [9.17, 15) is 18.0 Å². The number of hydrogen-bond donors (Lipinski definition) is 1. The summed E-state index contributed by atoms with van der Waals surface area (Å²) in [4.78, 5) is 13.1. The Morgan fingerprint density at radius 3 is 2.63 bits per heavy atom. The van der Waals surface area contributed by atoms with Gasteiger partial charge in [-0.3, -0.25) is 4.79 Å². The molecule has 1 amide bonds. The lowest BCUT2D eigenvalue weighted by Crippen LogP contribution is -2.27. The molecule has 1 rings (SSSR count). The average molecular weight is 274 g/mol. The highest BCUT2D eigenvalue weighted by atomic mass is 19.4. The molecule has 0 fully saturated rings. The van der Waals surface area contributed by atoms with E-state index in [-0.39, 0.29) is 11.6 Å². The Bertz CT molecular complexity index is 432. The van der Waals surface area contributed by atoms with Crippen LogP contribution in [0.2, 0.25) is 0 Å². The first-order valence-electron chi connectivity index (χ1n) is 5.94. The van der Waals surface area contributed by atoms with Crippen molar-refractivity contribution < 1.29 is 18.0 Å². The van der Waals surface area contributed by atoms with E-state index in [4.69, 9.17) is 0 Å². The second-order valence-corrected chi connectivity index (χ2v) is 4.21. The highest BCUT2D eigenvalue weighted by Gasteiger charge is 2.30. The molecule has 0 aliphatic heterocycles. The van der Waals surface area contributed by atoms with E-state index >= 15 is 0 Å². The first kappa shape index (κ1) is 15.5. The summed E-state index contributed by atoms with van der Waals surface area (Å²) in [6, 6.07) is 4.76. The van der Waals surface area contributed by atoms with Crippen molar-refractivity contribution in [1.82, 2.24) is 5.32 Å². The summed E-state index contributed by atoms with van der Waals surface area (Å²) in [6.45, 7) is 0.697. The lowest BCUT2D eigenvalue weighted by molar-refractivity contribution is -0.137. The summed E-state index contributed by atoms with van der Waals surface area (Å²) in [5.41, 5.74) is -0.496. The standard InChI is InChI=1S/C13H17F3N2O/c1-17-8-4-7-12(19)18(2)11-6-3-5-10(9-11)13(14,15)16/h3,5-6,9,17H,4,7-8H2,1-2H3. The van der Waals surface area contributed by atoms with E-state index in [1.54, 1.807) is 7.05 Å². The summed E-state index contributed by atoms with van der Waals surface area (Å²) in [5.74, 6) is -0.199. The molecule has 6 heteroatoms. The molecule has 0 heterocycles. The molecule has 19 heavy (non-hydrogen) atoms. The van der Waals surface area contributed by atoms with E-state index in [0.717, 1.165) is 12.1 Å². The van der Waals surface area contributed by atoms with Crippen LogP contribution in [0.25, 0.3) is 0 Å². The monoisotopic (exact) mass is 274 g/mol. The van der Waals surface area contributed by atoms with Crippen molar-refractivity contribution in [2.75, 3.05) is 25.5 Å². The number of alkyl halides is 3. The molecular formula is C13H17F3N2O. The van der Waals surface area contributed by atoms with Gasteiger partial charge >= 0.3 is 6.18 Å². The van der Waals surface area contributed by atoms with Crippen molar-refractivity contribution in [2.45, 2.75) is 19.0 Å². The van der Waals surface area contributed by atoms with Gasteiger partial charge in [0.05, 0.1) is 5.56 Å². The fourth-order valence-electron chi connectivity index (χ4n) is 1.62. The molecule has 1 aromatic carbocycles. The number of halogens is 3. The van der Waals surface area contributed by atoms with Gasteiger partial charge in [0.15, 0.2) is 0 Å². The van der Waals surface area contributed by atoms with Gasteiger partial charge in [-0.25, -0.2) is 0 Å². The predicted octanol–water partition coefficient (Wildman–Crippen LogP) is 2.67. The van der Waals surface area contributed by atoms with E-state index in [1.165, 1.54) is 24.1 Å². The van der Waals surface area contributed by atoms with Gasteiger partial charge in [0.2, 0.25) is 5.91 Å². The minimum absolute atomic E-state index is 0.199. The molecule has 0 bridgehead atoms. The Kier molecular flexibility index (Phi) is 5.35. The molecule has 0 spiro atoms. The molecule has 1 N–H and O–H groups in total. The maximum absolute atomic E-state index is 12.6. The highest BCUT2D eigenvalue weighted by Crippen LogP contribution is 2.31. The van der Waals surface area contributed by atoms with Gasteiger partial charge in [0, 0.05) is 19.2 Å². The topological polar surface area (TPSA) is 32.3 Å². The third kappa shape index (κ3) is 4.55. The predicted molar refractivity (Wildman–Crippen MR) is 68.0 cm³/mol. The number of carbonyl (C=O) groups is 1. The quantitative estimate of drug-likeness (QED) is 0.837. The highest BCUT2D eigenvalue weighted by molar-refractivity contribution is 5.92. The number of hydrogen-bond acceptors (Lipinski definition) is 2. The molecule has 0 aliphatic rings. The third-order valence-corrected chi connectivity index (χ3v) is 2.75.